The number of fused-ring (bicyclic) bond motifs is 1. The molecule has 0 radical (unpaired) electrons. The molecule has 2 nitrogen and oxygen atoms in total. The Kier molecular flexibility index (Phi) is 3.78. The molecule has 0 spiro atoms. The van der Waals surface area contributed by atoms with Gasteiger partial charge >= 0.3 is 0 Å². The van der Waals surface area contributed by atoms with Crippen molar-refractivity contribution in [1.82, 2.24) is 5.32 Å². The Bertz CT molecular complexity index is 526. The van der Waals surface area contributed by atoms with E-state index in [1.807, 2.05) is 31.2 Å². The van der Waals surface area contributed by atoms with Crippen molar-refractivity contribution in [3.8, 4) is 0 Å². The normalized spacial score (nSPS) is 17.9. The average molecular weight is 239 g/mol. The minimum Gasteiger partial charge on any atom is -0.358 e. The number of rotatable bonds is 5. The Hall–Kier alpha value is -2.09. The number of nitrogens with one attached hydrogen (secondary N) is 1. The number of carbonyl (C=O) groups is 1. The molecule has 0 heterocycles. The molecule has 0 aliphatic heterocycles. The number of allylic oxidation sites excluding steroid dienone is 4. The van der Waals surface area contributed by atoms with Crippen LogP contribution in [0.4, 0.5) is 0 Å². The van der Waals surface area contributed by atoms with Crippen LogP contribution in [0.2, 0.25) is 0 Å². The summed E-state index contributed by atoms with van der Waals surface area (Å²) in [5.74, 6) is 0.204. The molecule has 1 aliphatic carbocycles. The standard InChI is InChI=1S/C16H17NO/c1-3-7-13-12(4-2)16(10-17-11-18)15-9-6-5-8-14(13)15/h3-9,11,16H,2,10H2,1H3,(H,17,18)/b7-3-. The first-order chi connectivity index (χ1) is 8.83. The first kappa shape index (κ1) is 12.4. The SMILES string of the molecule is C=CC1=C(/C=C\C)c2ccccc2C1CNC=O. The summed E-state index contributed by atoms with van der Waals surface area (Å²) in [6.07, 6.45) is 6.78. The van der Waals surface area contributed by atoms with Gasteiger partial charge in [-0.25, -0.2) is 0 Å². The van der Waals surface area contributed by atoms with Gasteiger partial charge in [-0.3, -0.25) is 4.79 Å². The summed E-state index contributed by atoms with van der Waals surface area (Å²) in [5.41, 5.74) is 4.89. The lowest BCUT2D eigenvalue weighted by atomic mass is 9.96. The van der Waals surface area contributed by atoms with E-state index in [0.717, 1.165) is 6.41 Å². The van der Waals surface area contributed by atoms with Crippen LogP contribution in [0.3, 0.4) is 0 Å². The van der Waals surface area contributed by atoms with Crippen LogP contribution in [-0.4, -0.2) is 13.0 Å². The molecule has 1 unspecified atom stereocenters. The lowest BCUT2D eigenvalue weighted by Gasteiger charge is -2.13. The van der Waals surface area contributed by atoms with Crippen LogP contribution in [-0.2, 0) is 4.79 Å². The number of benzene rings is 1. The fourth-order valence-corrected chi connectivity index (χ4v) is 2.55. The van der Waals surface area contributed by atoms with Gasteiger partial charge in [-0.1, -0.05) is 49.1 Å². The highest BCUT2D eigenvalue weighted by Gasteiger charge is 2.27. The fourth-order valence-electron chi connectivity index (χ4n) is 2.55. The van der Waals surface area contributed by atoms with Crippen LogP contribution < -0.4 is 5.32 Å². The van der Waals surface area contributed by atoms with E-state index >= 15 is 0 Å². The minimum atomic E-state index is 0.204. The van der Waals surface area contributed by atoms with Gasteiger partial charge in [-0.2, -0.15) is 0 Å². The molecule has 0 aromatic heterocycles. The molecule has 1 aliphatic rings. The summed E-state index contributed by atoms with van der Waals surface area (Å²) < 4.78 is 0. The molecule has 0 bridgehead atoms. The smallest absolute Gasteiger partial charge is 0.207 e. The molecule has 1 amide bonds. The van der Waals surface area contributed by atoms with Crippen molar-refractivity contribution in [2.24, 2.45) is 0 Å². The van der Waals surface area contributed by atoms with Gasteiger partial charge in [-0.05, 0) is 29.2 Å². The van der Waals surface area contributed by atoms with E-state index < -0.39 is 0 Å². The van der Waals surface area contributed by atoms with Crippen molar-refractivity contribution in [2.75, 3.05) is 6.54 Å². The van der Waals surface area contributed by atoms with E-state index in [9.17, 15) is 4.79 Å². The lowest BCUT2D eigenvalue weighted by molar-refractivity contribution is -0.109. The van der Waals surface area contributed by atoms with E-state index in [0.29, 0.717) is 6.54 Å². The maximum Gasteiger partial charge on any atom is 0.207 e. The molecule has 1 aromatic rings. The maximum atomic E-state index is 10.5. The van der Waals surface area contributed by atoms with Crippen LogP contribution >= 0.6 is 0 Å². The summed E-state index contributed by atoms with van der Waals surface area (Å²) in [5, 5.41) is 2.77. The lowest BCUT2D eigenvalue weighted by Crippen LogP contribution is -2.19. The summed E-state index contributed by atoms with van der Waals surface area (Å²) in [6.45, 7) is 6.53. The van der Waals surface area contributed by atoms with Gasteiger partial charge in [0.25, 0.3) is 0 Å². The van der Waals surface area contributed by atoms with Gasteiger partial charge in [0, 0.05) is 12.5 Å². The Morgan fingerprint density at radius 2 is 2.17 bits per heavy atom. The number of hydrogen-bond donors (Lipinski definition) is 1. The van der Waals surface area contributed by atoms with Gasteiger partial charge in [0.05, 0.1) is 0 Å². The molecule has 0 saturated heterocycles. The van der Waals surface area contributed by atoms with Crippen molar-refractivity contribution in [1.29, 1.82) is 0 Å². The molecular weight excluding hydrogens is 222 g/mol. The molecule has 1 atom stereocenters. The first-order valence-corrected chi connectivity index (χ1v) is 6.09. The highest BCUT2D eigenvalue weighted by Crippen LogP contribution is 2.42. The monoisotopic (exact) mass is 239 g/mol. The predicted molar refractivity (Wildman–Crippen MR) is 75.2 cm³/mol. The predicted octanol–water partition coefficient (Wildman–Crippen LogP) is 3.05. The maximum absolute atomic E-state index is 10.5. The fraction of sp³-hybridized carbons (Fsp3) is 0.188. The second-order valence-corrected chi connectivity index (χ2v) is 4.24. The topological polar surface area (TPSA) is 29.1 Å². The summed E-state index contributed by atoms with van der Waals surface area (Å²) >= 11 is 0. The third kappa shape index (κ3) is 2.02. The van der Waals surface area contributed by atoms with Gasteiger partial charge < -0.3 is 5.32 Å². The molecule has 2 rings (SSSR count). The zero-order valence-corrected chi connectivity index (χ0v) is 10.5. The van der Waals surface area contributed by atoms with Crippen molar-refractivity contribution < 1.29 is 4.79 Å². The van der Waals surface area contributed by atoms with E-state index in [2.05, 4.69) is 30.1 Å². The van der Waals surface area contributed by atoms with Crippen molar-refractivity contribution in [3.63, 3.8) is 0 Å². The van der Waals surface area contributed by atoms with E-state index in [1.54, 1.807) is 0 Å². The summed E-state index contributed by atoms with van der Waals surface area (Å²) in [4.78, 5) is 10.5. The van der Waals surface area contributed by atoms with E-state index in [1.165, 1.54) is 22.3 Å². The van der Waals surface area contributed by atoms with E-state index in [-0.39, 0.29) is 5.92 Å². The second kappa shape index (κ2) is 5.50. The third-order valence-corrected chi connectivity index (χ3v) is 3.27. The molecule has 92 valence electrons. The van der Waals surface area contributed by atoms with Crippen molar-refractivity contribution in [2.45, 2.75) is 12.8 Å². The highest BCUT2D eigenvalue weighted by atomic mass is 16.1. The molecule has 18 heavy (non-hydrogen) atoms. The van der Waals surface area contributed by atoms with Gasteiger partial charge in [0.2, 0.25) is 6.41 Å². The first-order valence-electron chi connectivity index (χ1n) is 6.09. The van der Waals surface area contributed by atoms with Crippen LogP contribution in [0, 0.1) is 0 Å². The zero-order chi connectivity index (χ0) is 13.0. The van der Waals surface area contributed by atoms with Gasteiger partial charge in [0.1, 0.15) is 0 Å². The molecule has 0 fully saturated rings. The molecular formula is C16H17NO. The second-order valence-electron chi connectivity index (χ2n) is 4.24. The Morgan fingerprint density at radius 3 is 2.83 bits per heavy atom. The average Bonchev–Trinajstić information content (AvgIpc) is 2.71. The Morgan fingerprint density at radius 1 is 1.39 bits per heavy atom. The highest BCUT2D eigenvalue weighted by molar-refractivity contribution is 5.86. The van der Waals surface area contributed by atoms with Crippen molar-refractivity contribution in [3.05, 3.63) is 65.8 Å². The third-order valence-electron chi connectivity index (χ3n) is 3.27. The Balaban J connectivity index is 2.51. The molecule has 1 N–H and O–H groups in total. The molecule has 0 saturated carbocycles. The number of hydrogen-bond acceptors (Lipinski definition) is 1. The van der Waals surface area contributed by atoms with Gasteiger partial charge in [-0.15, -0.1) is 0 Å². The number of carbonyl (C=O) groups excluding carboxylic acids is 1. The molecule has 1 aromatic carbocycles. The van der Waals surface area contributed by atoms with Crippen LogP contribution in [0.15, 0.2) is 54.6 Å². The Labute approximate surface area is 108 Å². The minimum absolute atomic E-state index is 0.204. The van der Waals surface area contributed by atoms with Crippen molar-refractivity contribution >= 4 is 12.0 Å². The van der Waals surface area contributed by atoms with Crippen LogP contribution in [0.5, 0.6) is 0 Å². The van der Waals surface area contributed by atoms with Crippen LogP contribution in [0.1, 0.15) is 24.0 Å². The largest absolute Gasteiger partial charge is 0.358 e. The zero-order valence-electron chi connectivity index (χ0n) is 10.5. The van der Waals surface area contributed by atoms with Crippen LogP contribution in [0.25, 0.3) is 5.57 Å². The van der Waals surface area contributed by atoms with E-state index in [4.69, 9.17) is 0 Å². The van der Waals surface area contributed by atoms with Gasteiger partial charge in [0.15, 0.2) is 0 Å². The summed E-state index contributed by atoms with van der Waals surface area (Å²) in [7, 11) is 0. The molecule has 2 heteroatoms. The number of amides is 1. The summed E-state index contributed by atoms with van der Waals surface area (Å²) in [6, 6.07) is 8.31. The quantitative estimate of drug-likeness (QED) is 0.786.